The molecule has 2 atom stereocenters. The lowest BCUT2D eigenvalue weighted by molar-refractivity contribution is 0.291. The first-order valence-corrected chi connectivity index (χ1v) is 8.93. The van der Waals surface area contributed by atoms with Crippen LogP contribution in [0.2, 0.25) is 0 Å². The lowest BCUT2D eigenvalue weighted by atomic mass is 9.74. The molecule has 0 saturated carbocycles. The highest BCUT2D eigenvalue weighted by atomic mass is 14.9. The smallest absolute Gasteiger partial charge is 0.0288 e. The Morgan fingerprint density at radius 1 is 1.27 bits per heavy atom. The first-order chi connectivity index (χ1) is 10.4. The summed E-state index contributed by atoms with van der Waals surface area (Å²) in [6, 6.07) is 0. The van der Waals surface area contributed by atoms with Crippen LogP contribution in [0.4, 0.5) is 0 Å². The quantitative estimate of drug-likeness (QED) is 0.430. The third-order valence-electron chi connectivity index (χ3n) is 5.26. The van der Waals surface area contributed by atoms with Gasteiger partial charge in [0, 0.05) is 0 Å². The zero-order chi connectivity index (χ0) is 16.6. The summed E-state index contributed by atoms with van der Waals surface area (Å²) in [5.41, 5.74) is 4.65. The van der Waals surface area contributed by atoms with Gasteiger partial charge in [-0.15, -0.1) is 5.54 Å². The second-order valence-corrected chi connectivity index (χ2v) is 7.51. The summed E-state index contributed by atoms with van der Waals surface area (Å²) >= 11 is 0. The fourth-order valence-electron chi connectivity index (χ4n) is 3.33. The Kier molecular flexibility index (Phi) is 8.17. The van der Waals surface area contributed by atoms with Crippen molar-refractivity contribution < 1.29 is 0 Å². The molecule has 1 heteroatoms. The van der Waals surface area contributed by atoms with E-state index in [1.807, 2.05) is 7.05 Å². The fourth-order valence-corrected chi connectivity index (χ4v) is 3.33. The Morgan fingerprint density at radius 2 is 2.00 bits per heavy atom. The van der Waals surface area contributed by atoms with E-state index < -0.39 is 0 Å². The Bertz CT molecular complexity index is 423. The summed E-state index contributed by atoms with van der Waals surface area (Å²) in [6.07, 6.45) is 15.7. The maximum Gasteiger partial charge on any atom is -0.0288 e. The van der Waals surface area contributed by atoms with E-state index in [1.54, 1.807) is 5.57 Å². The highest BCUT2D eigenvalue weighted by Crippen LogP contribution is 2.39. The zero-order valence-electron chi connectivity index (χ0n) is 15.7. The number of allylic oxidation sites excluding steroid dienone is 6. The second kappa shape index (κ2) is 9.35. The molecule has 1 aliphatic carbocycles. The van der Waals surface area contributed by atoms with Gasteiger partial charge >= 0.3 is 0 Å². The van der Waals surface area contributed by atoms with E-state index in [0.717, 1.165) is 12.3 Å². The monoisotopic (exact) mass is 302 g/mol. The van der Waals surface area contributed by atoms with Gasteiger partial charge in [-0.2, -0.15) is 7.05 Å². The SMILES string of the molecule is C[N-][C@@](C)(CC/C=C(\C)CCC=C(C)C)[C@@H]1CC=C(C)CC1. The summed E-state index contributed by atoms with van der Waals surface area (Å²) in [6.45, 7) is 11.2. The first-order valence-electron chi connectivity index (χ1n) is 8.93. The number of rotatable bonds is 8. The minimum atomic E-state index is 0.147. The van der Waals surface area contributed by atoms with Crippen LogP contribution in [0, 0.1) is 5.92 Å². The summed E-state index contributed by atoms with van der Waals surface area (Å²) in [5, 5.41) is 4.78. The highest BCUT2D eigenvalue weighted by Gasteiger charge is 2.25. The summed E-state index contributed by atoms with van der Waals surface area (Å²) in [4.78, 5) is 0. The lowest BCUT2D eigenvalue weighted by Gasteiger charge is -2.49. The van der Waals surface area contributed by atoms with Crippen molar-refractivity contribution in [3.63, 3.8) is 0 Å². The predicted molar refractivity (Wildman–Crippen MR) is 100 cm³/mol. The van der Waals surface area contributed by atoms with Crippen LogP contribution in [0.25, 0.3) is 5.32 Å². The molecule has 0 aliphatic heterocycles. The standard InChI is InChI=1S/C21H36N/c1-17(2)9-7-10-18(3)11-8-16-21(5,22-6)20-14-12-19(4)13-15-20/h9,11-12,20H,7-8,10,13-16H2,1-6H3/q-1/b18-11+/t20-,21+/m1/s1. The van der Waals surface area contributed by atoms with Gasteiger partial charge in [0.1, 0.15) is 0 Å². The molecule has 0 spiro atoms. The Morgan fingerprint density at radius 3 is 2.55 bits per heavy atom. The molecule has 0 unspecified atom stereocenters. The predicted octanol–water partition coefficient (Wildman–Crippen LogP) is 6.97. The number of hydrogen-bond acceptors (Lipinski definition) is 0. The van der Waals surface area contributed by atoms with E-state index in [9.17, 15) is 0 Å². The first kappa shape index (κ1) is 19.2. The molecule has 0 radical (unpaired) electrons. The van der Waals surface area contributed by atoms with Crippen molar-refractivity contribution in [3.8, 4) is 0 Å². The Balaban J connectivity index is 2.47. The lowest BCUT2D eigenvalue weighted by Crippen LogP contribution is -2.34. The molecule has 0 heterocycles. The van der Waals surface area contributed by atoms with Crippen molar-refractivity contribution >= 4 is 0 Å². The van der Waals surface area contributed by atoms with Crippen LogP contribution in [0.1, 0.15) is 79.6 Å². The van der Waals surface area contributed by atoms with Crippen LogP contribution >= 0.6 is 0 Å². The van der Waals surface area contributed by atoms with E-state index in [0.29, 0.717) is 0 Å². The van der Waals surface area contributed by atoms with Gasteiger partial charge in [0.15, 0.2) is 0 Å². The van der Waals surface area contributed by atoms with Crippen LogP contribution in [0.15, 0.2) is 34.9 Å². The van der Waals surface area contributed by atoms with Gasteiger partial charge < -0.3 is 5.32 Å². The zero-order valence-corrected chi connectivity index (χ0v) is 15.7. The van der Waals surface area contributed by atoms with E-state index in [-0.39, 0.29) is 5.54 Å². The van der Waals surface area contributed by atoms with Crippen molar-refractivity contribution in [1.29, 1.82) is 0 Å². The van der Waals surface area contributed by atoms with Gasteiger partial charge in [0.05, 0.1) is 0 Å². The molecule has 126 valence electrons. The number of hydrogen-bond donors (Lipinski definition) is 0. The molecule has 0 aromatic heterocycles. The topological polar surface area (TPSA) is 14.1 Å². The van der Waals surface area contributed by atoms with E-state index in [1.165, 1.54) is 49.7 Å². The third kappa shape index (κ3) is 6.52. The summed E-state index contributed by atoms with van der Waals surface area (Å²) < 4.78 is 0. The van der Waals surface area contributed by atoms with Crippen LogP contribution in [-0.4, -0.2) is 12.6 Å². The van der Waals surface area contributed by atoms with Gasteiger partial charge in [-0.05, 0) is 66.2 Å². The van der Waals surface area contributed by atoms with Crippen molar-refractivity contribution in [1.82, 2.24) is 0 Å². The Labute approximate surface area is 139 Å². The molecule has 22 heavy (non-hydrogen) atoms. The molecule has 1 rings (SSSR count). The second-order valence-electron chi connectivity index (χ2n) is 7.51. The third-order valence-corrected chi connectivity index (χ3v) is 5.26. The normalized spacial score (nSPS) is 22.0. The minimum Gasteiger partial charge on any atom is -0.659 e. The van der Waals surface area contributed by atoms with Crippen LogP contribution < -0.4 is 0 Å². The minimum absolute atomic E-state index is 0.147. The average molecular weight is 303 g/mol. The van der Waals surface area contributed by atoms with Crippen molar-refractivity contribution in [2.75, 3.05) is 7.05 Å². The van der Waals surface area contributed by atoms with Crippen LogP contribution in [0.3, 0.4) is 0 Å². The van der Waals surface area contributed by atoms with E-state index in [2.05, 4.69) is 52.8 Å². The maximum atomic E-state index is 4.78. The van der Waals surface area contributed by atoms with Gasteiger partial charge in [0.2, 0.25) is 0 Å². The van der Waals surface area contributed by atoms with Crippen LogP contribution in [-0.2, 0) is 0 Å². The summed E-state index contributed by atoms with van der Waals surface area (Å²) in [7, 11) is 2.01. The fraction of sp³-hybridized carbons (Fsp3) is 0.714. The van der Waals surface area contributed by atoms with Gasteiger partial charge in [0.25, 0.3) is 0 Å². The van der Waals surface area contributed by atoms with Crippen molar-refractivity contribution in [2.24, 2.45) is 5.92 Å². The summed E-state index contributed by atoms with van der Waals surface area (Å²) in [5.74, 6) is 0.723. The number of nitrogens with zero attached hydrogens (tertiary/aromatic N) is 1. The molecule has 0 fully saturated rings. The molecular weight excluding hydrogens is 266 g/mol. The average Bonchev–Trinajstić information content (AvgIpc) is 2.47. The molecule has 0 saturated heterocycles. The highest BCUT2D eigenvalue weighted by molar-refractivity contribution is 5.13. The van der Waals surface area contributed by atoms with E-state index >= 15 is 0 Å². The van der Waals surface area contributed by atoms with Gasteiger partial charge in [-0.25, -0.2) is 0 Å². The largest absolute Gasteiger partial charge is 0.659 e. The molecule has 0 amide bonds. The van der Waals surface area contributed by atoms with Crippen LogP contribution in [0.5, 0.6) is 0 Å². The van der Waals surface area contributed by atoms with Gasteiger partial charge in [-0.1, -0.05) is 54.2 Å². The van der Waals surface area contributed by atoms with Crippen molar-refractivity contribution in [3.05, 3.63) is 40.3 Å². The maximum absolute atomic E-state index is 4.78. The molecule has 0 N–H and O–H groups in total. The molecule has 0 aromatic rings. The molecule has 0 aromatic carbocycles. The molecular formula is C21H36N-. The Hall–Kier alpha value is -0.820. The van der Waals surface area contributed by atoms with Gasteiger partial charge in [-0.3, -0.25) is 0 Å². The molecule has 1 nitrogen and oxygen atoms in total. The van der Waals surface area contributed by atoms with E-state index in [4.69, 9.17) is 5.32 Å². The molecule has 0 bridgehead atoms. The van der Waals surface area contributed by atoms with Crippen molar-refractivity contribution in [2.45, 2.75) is 85.1 Å². The molecule has 1 aliphatic rings.